The van der Waals surface area contributed by atoms with Crippen LogP contribution in [-0.4, -0.2) is 28.8 Å². The molecule has 128 valence electrons. The summed E-state index contributed by atoms with van der Waals surface area (Å²) >= 11 is 3.12. The number of carbonyl (C=O) groups excluding carboxylic acids is 1. The average molecular weight is 360 g/mol. The molecule has 2 aromatic carbocycles. The number of carbonyl (C=O) groups is 1. The van der Waals surface area contributed by atoms with Crippen molar-refractivity contribution in [2.75, 3.05) is 18.8 Å². The molecule has 1 aliphatic rings. The molecule has 0 aliphatic carbocycles. The monoisotopic (exact) mass is 359 g/mol. The van der Waals surface area contributed by atoms with Gasteiger partial charge in [-0.1, -0.05) is 84.9 Å². The molecule has 1 aliphatic heterocycles. The number of nitrogens with zero attached hydrogens (tertiary/aromatic N) is 1. The van der Waals surface area contributed by atoms with Gasteiger partial charge in [0.2, 0.25) is 0 Å². The van der Waals surface area contributed by atoms with Crippen molar-refractivity contribution < 1.29 is 4.79 Å². The van der Waals surface area contributed by atoms with Gasteiger partial charge in [-0.25, -0.2) is 4.31 Å². The third kappa shape index (κ3) is 10.3. The Morgan fingerprint density at radius 1 is 1.00 bits per heavy atom. The first-order valence-electron chi connectivity index (χ1n) is 7.95. The van der Waals surface area contributed by atoms with E-state index in [4.69, 9.17) is 0 Å². The van der Waals surface area contributed by atoms with E-state index in [-0.39, 0.29) is 0 Å². The quantitative estimate of drug-likeness (QED) is 0.404. The molecule has 0 fully saturated rings. The van der Waals surface area contributed by atoms with Gasteiger partial charge in [0.05, 0.1) is 0 Å². The summed E-state index contributed by atoms with van der Waals surface area (Å²) in [4.78, 5) is 10.7. The lowest BCUT2D eigenvalue weighted by Gasteiger charge is -2.13. The molecular formula is C20H25NOS2. The van der Waals surface area contributed by atoms with Crippen molar-refractivity contribution in [2.45, 2.75) is 18.7 Å². The number of thioether (sulfide) groups is 1. The van der Waals surface area contributed by atoms with Crippen molar-refractivity contribution >= 4 is 29.3 Å². The van der Waals surface area contributed by atoms with Crippen LogP contribution < -0.4 is 0 Å². The van der Waals surface area contributed by atoms with Crippen molar-refractivity contribution in [3.05, 3.63) is 78.4 Å². The van der Waals surface area contributed by atoms with E-state index in [1.807, 2.05) is 55.3 Å². The fourth-order valence-corrected chi connectivity index (χ4v) is 2.95. The van der Waals surface area contributed by atoms with Crippen molar-refractivity contribution in [2.24, 2.45) is 0 Å². The highest BCUT2D eigenvalue weighted by Crippen LogP contribution is 2.25. The Kier molecular flexibility index (Phi) is 11.9. The van der Waals surface area contributed by atoms with Crippen LogP contribution in [0.5, 0.6) is 0 Å². The normalized spacial score (nSPS) is 13.0. The summed E-state index contributed by atoms with van der Waals surface area (Å²) in [7, 11) is 0. The van der Waals surface area contributed by atoms with Gasteiger partial charge in [0.1, 0.15) is 0 Å². The van der Waals surface area contributed by atoms with Crippen LogP contribution in [-0.2, 0) is 4.79 Å². The van der Waals surface area contributed by atoms with E-state index in [1.165, 1.54) is 22.2 Å². The maximum Gasteiger partial charge on any atom is 0.176 e. The summed E-state index contributed by atoms with van der Waals surface area (Å²) in [5.41, 5.74) is 2.32. The zero-order chi connectivity index (χ0) is 17.5. The van der Waals surface area contributed by atoms with Crippen LogP contribution in [0.2, 0.25) is 0 Å². The van der Waals surface area contributed by atoms with Gasteiger partial charge in [-0.2, -0.15) is 0 Å². The molecule has 3 rings (SSSR count). The first-order chi connectivity index (χ1) is 11.8. The highest BCUT2D eigenvalue weighted by atomic mass is 32.2. The largest absolute Gasteiger partial charge is 0.291 e. The summed E-state index contributed by atoms with van der Waals surface area (Å²) in [6.45, 7) is 6.30. The minimum Gasteiger partial charge on any atom is -0.291 e. The van der Waals surface area contributed by atoms with Crippen LogP contribution in [0.25, 0.3) is 0 Å². The van der Waals surface area contributed by atoms with Gasteiger partial charge in [-0.05, 0) is 36.8 Å². The maximum atomic E-state index is 9.37. The lowest BCUT2D eigenvalue weighted by Crippen LogP contribution is -2.10. The van der Waals surface area contributed by atoms with Crippen molar-refractivity contribution in [3.63, 3.8) is 0 Å². The fourth-order valence-electron chi connectivity index (χ4n) is 1.82. The van der Waals surface area contributed by atoms with Gasteiger partial charge in [0, 0.05) is 18.0 Å². The van der Waals surface area contributed by atoms with E-state index < -0.39 is 0 Å². The number of hydrogen-bond acceptors (Lipinski definition) is 4. The standard InChI is InChI=1S/C11H13NS.C6H6.C3H6OS/c1-10-7-8-12(9-10)13-11-5-3-2-4-6-11;1-2-4-6-5-3-1;1-2-5-3-4/h2-7H,8-9H2,1H3;1-6H;3H,2H2,1H3. The van der Waals surface area contributed by atoms with E-state index >= 15 is 0 Å². The second-order valence-electron chi connectivity index (χ2n) is 4.98. The topological polar surface area (TPSA) is 20.3 Å². The molecule has 0 saturated heterocycles. The molecular weight excluding hydrogens is 334 g/mol. The molecule has 1 heterocycles. The zero-order valence-electron chi connectivity index (χ0n) is 14.3. The predicted molar refractivity (Wildman–Crippen MR) is 109 cm³/mol. The van der Waals surface area contributed by atoms with E-state index in [9.17, 15) is 4.79 Å². The molecule has 0 spiro atoms. The van der Waals surface area contributed by atoms with E-state index in [2.05, 4.69) is 47.6 Å². The lowest BCUT2D eigenvalue weighted by molar-refractivity contribution is 0.570. The summed E-state index contributed by atoms with van der Waals surface area (Å²) in [6, 6.07) is 22.5. The van der Waals surface area contributed by atoms with Crippen molar-refractivity contribution in [3.8, 4) is 0 Å². The number of rotatable bonds is 4. The lowest BCUT2D eigenvalue weighted by atomic mass is 10.3. The second-order valence-corrected chi connectivity index (χ2v) is 7.26. The van der Waals surface area contributed by atoms with Gasteiger partial charge >= 0.3 is 0 Å². The third-order valence-corrected chi connectivity index (χ3v) is 4.44. The second kappa shape index (κ2) is 13.9. The van der Waals surface area contributed by atoms with Crippen molar-refractivity contribution in [1.82, 2.24) is 4.31 Å². The molecule has 4 heteroatoms. The molecule has 0 saturated carbocycles. The van der Waals surface area contributed by atoms with Crippen LogP contribution in [0.4, 0.5) is 0 Å². The predicted octanol–water partition coefficient (Wildman–Crippen LogP) is 5.57. The van der Waals surface area contributed by atoms with E-state index in [0.29, 0.717) is 0 Å². The minimum atomic E-state index is 0.847. The Hall–Kier alpha value is -1.49. The Balaban J connectivity index is 0.000000218. The Morgan fingerprint density at radius 2 is 1.54 bits per heavy atom. The van der Waals surface area contributed by atoms with Gasteiger partial charge in [-0.15, -0.1) is 0 Å². The molecule has 2 nitrogen and oxygen atoms in total. The minimum absolute atomic E-state index is 0.847. The molecule has 0 atom stereocenters. The summed E-state index contributed by atoms with van der Waals surface area (Å²) in [5, 5.41) is 0. The van der Waals surface area contributed by atoms with Gasteiger partial charge in [0.25, 0.3) is 0 Å². The highest BCUT2D eigenvalue weighted by molar-refractivity contribution is 8.11. The molecule has 0 aromatic heterocycles. The van der Waals surface area contributed by atoms with Crippen LogP contribution >= 0.6 is 23.7 Å². The number of benzene rings is 2. The van der Waals surface area contributed by atoms with Crippen LogP contribution in [0.1, 0.15) is 13.8 Å². The van der Waals surface area contributed by atoms with Crippen molar-refractivity contribution in [1.29, 1.82) is 0 Å². The fraction of sp³-hybridized carbons (Fsp3) is 0.250. The Labute approximate surface area is 154 Å². The summed E-state index contributed by atoms with van der Waals surface area (Å²) in [6.07, 6.45) is 2.29. The molecule has 0 bridgehead atoms. The number of hydrogen-bond donors (Lipinski definition) is 0. The summed E-state index contributed by atoms with van der Waals surface area (Å²) < 4.78 is 2.37. The van der Waals surface area contributed by atoms with Gasteiger partial charge in [-0.3, -0.25) is 4.79 Å². The van der Waals surface area contributed by atoms with Crippen LogP contribution in [0.15, 0.2) is 83.3 Å². The van der Waals surface area contributed by atoms with E-state index in [0.717, 1.165) is 24.5 Å². The molecule has 0 N–H and O–H groups in total. The van der Waals surface area contributed by atoms with Crippen LogP contribution in [0, 0.1) is 0 Å². The van der Waals surface area contributed by atoms with Crippen LogP contribution in [0.3, 0.4) is 0 Å². The van der Waals surface area contributed by atoms with E-state index in [1.54, 1.807) is 0 Å². The highest BCUT2D eigenvalue weighted by Gasteiger charge is 2.11. The molecule has 24 heavy (non-hydrogen) atoms. The zero-order valence-corrected chi connectivity index (χ0v) is 15.9. The van der Waals surface area contributed by atoms with Gasteiger partial charge in [0.15, 0.2) is 5.62 Å². The smallest absolute Gasteiger partial charge is 0.176 e. The molecule has 2 aromatic rings. The molecule has 0 unspecified atom stereocenters. The first kappa shape index (κ1) is 20.6. The summed E-state index contributed by atoms with van der Waals surface area (Å²) in [5.74, 6) is 0.892. The third-order valence-electron chi connectivity index (χ3n) is 2.95. The SMILES string of the molecule is CC1=CCN(Sc2ccccc2)C1.CCSC=O.c1ccccc1. The maximum absolute atomic E-state index is 9.37. The molecule has 0 radical (unpaired) electrons. The average Bonchev–Trinajstić information content (AvgIpc) is 3.04. The van der Waals surface area contributed by atoms with Gasteiger partial charge < -0.3 is 0 Å². The Bertz CT molecular complexity index is 546. The Morgan fingerprint density at radius 3 is 1.92 bits per heavy atom. The first-order valence-corrected chi connectivity index (χ1v) is 9.77. The molecule has 0 amide bonds.